The van der Waals surface area contributed by atoms with Gasteiger partial charge in [-0.1, -0.05) is 0 Å². The molecule has 0 aromatic heterocycles. The Morgan fingerprint density at radius 3 is 0.913 bits per heavy atom. The summed E-state index contributed by atoms with van der Waals surface area (Å²) in [6, 6.07) is 70.9. The van der Waals surface area contributed by atoms with Crippen LogP contribution in [0, 0.1) is 0 Å². The van der Waals surface area contributed by atoms with Crippen molar-refractivity contribution in [1.29, 1.82) is 0 Å². The zero-order chi connectivity index (χ0) is 66.8. The summed E-state index contributed by atoms with van der Waals surface area (Å²) in [5.74, 6) is 3.03. The van der Waals surface area contributed by atoms with Gasteiger partial charge in [0, 0.05) is 0 Å². The molecule has 0 aliphatic rings. The molecule has 0 saturated heterocycles. The number of rotatable bonds is 26. The Bertz CT molecular complexity index is 3560. The molecule has 10 heteroatoms. The van der Waals surface area contributed by atoms with E-state index in [1.165, 1.54) is 82.8 Å². The third-order valence-electron chi connectivity index (χ3n) is 16.8. The van der Waals surface area contributed by atoms with Crippen molar-refractivity contribution >= 4 is 121 Å². The summed E-state index contributed by atoms with van der Waals surface area (Å²) in [5, 5.41) is 5.46. The molecular weight excluding hydrogens is 1320 g/mol. The Kier molecular flexibility index (Phi) is 29.0. The third-order valence-corrected chi connectivity index (χ3v) is 26.5. The van der Waals surface area contributed by atoms with E-state index in [1.807, 2.05) is 0 Å². The number of benzene rings is 8. The average molecular weight is 1420 g/mol. The SMILES string of the molecule is C/C(=C/C(CP(c1ccccc1)c1ccccc1)=Nc1c(C(C)C)cccc1C(C)C)[N]([Ge][Cl])c1c(C(C)C)cccc1C(C)C.CC(/C=C(/CP(c1ccccc1)c1ccccc1)[N]([Ge][Cl])c1c(C(C)C)cccc1C(C)C)=Nc1c(C(C)C)cccc1C(C)C. The van der Waals surface area contributed by atoms with Crippen molar-refractivity contribution in [3.05, 3.63) is 262 Å². The molecule has 0 aliphatic heterocycles. The first-order valence-electron chi connectivity index (χ1n) is 33.2. The van der Waals surface area contributed by atoms with Crippen molar-refractivity contribution < 1.29 is 0 Å². The van der Waals surface area contributed by atoms with Crippen LogP contribution in [0.15, 0.2) is 228 Å². The van der Waals surface area contributed by atoms with Crippen LogP contribution in [0.4, 0.5) is 22.7 Å². The molecule has 0 saturated carbocycles. The number of nitrogens with zero attached hydrogens (tertiary/aromatic N) is 4. The fraction of sp³-hybridized carbons (Fsp3) is 0.341. The van der Waals surface area contributed by atoms with Crippen molar-refractivity contribution in [2.45, 2.75) is 172 Å². The van der Waals surface area contributed by atoms with Gasteiger partial charge in [0.25, 0.3) is 0 Å². The topological polar surface area (TPSA) is 31.2 Å². The summed E-state index contributed by atoms with van der Waals surface area (Å²) in [6.45, 7) is 40.8. The molecule has 8 aromatic carbocycles. The Labute approximate surface area is 580 Å². The first-order chi connectivity index (χ1) is 44.1. The van der Waals surface area contributed by atoms with Gasteiger partial charge in [-0.05, 0) is 0 Å². The molecule has 4 nitrogen and oxygen atoms in total. The van der Waals surface area contributed by atoms with Gasteiger partial charge in [0.15, 0.2) is 0 Å². The second kappa shape index (κ2) is 36.0. The van der Waals surface area contributed by atoms with Crippen molar-refractivity contribution in [2.24, 2.45) is 9.98 Å². The predicted octanol–water partition coefficient (Wildman–Crippen LogP) is 23.1. The molecule has 0 unspecified atom stereocenters. The molecule has 0 amide bonds. The Morgan fingerprint density at radius 1 is 0.348 bits per heavy atom. The van der Waals surface area contributed by atoms with E-state index >= 15 is 0 Å². The maximum atomic E-state index is 7.18. The van der Waals surface area contributed by atoms with E-state index in [0.29, 0.717) is 47.3 Å². The molecule has 480 valence electrons. The van der Waals surface area contributed by atoms with Gasteiger partial charge in [-0.15, -0.1) is 0 Å². The van der Waals surface area contributed by atoms with E-state index in [9.17, 15) is 0 Å². The van der Waals surface area contributed by atoms with Crippen LogP contribution in [0.3, 0.4) is 0 Å². The number of para-hydroxylation sites is 4. The second-order valence-corrected chi connectivity index (χ2v) is 35.3. The van der Waals surface area contributed by atoms with Crippen molar-refractivity contribution in [3.8, 4) is 0 Å². The Hall–Kier alpha value is -5.29. The monoisotopic (exact) mass is 1420 g/mol. The predicted molar refractivity (Wildman–Crippen MR) is 416 cm³/mol. The molecule has 0 bridgehead atoms. The van der Waals surface area contributed by atoms with Crippen LogP contribution in [0.1, 0.15) is 216 Å². The number of halogens is 2. The van der Waals surface area contributed by atoms with E-state index in [1.54, 1.807) is 0 Å². The summed E-state index contributed by atoms with van der Waals surface area (Å²) >= 11 is -2.01. The minimum atomic E-state index is -1.03. The van der Waals surface area contributed by atoms with Gasteiger partial charge in [-0.2, -0.15) is 0 Å². The van der Waals surface area contributed by atoms with Gasteiger partial charge in [0.1, 0.15) is 0 Å². The number of hydrogen-bond acceptors (Lipinski definition) is 4. The number of allylic oxidation sites excluding steroid dienone is 4. The van der Waals surface area contributed by atoms with Crippen LogP contribution in [-0.2, 0) is 0 Å². The summed E-state index contributed by atoms with van der Waals surface area (Å²) in [5.41, 5.74) is 19.9. The van der Waals surface area contributed by atoms with Crippen molar-refractivity contribution in [3.63, 3.8) is 0 Å². The molecule has 0 aliphatic carbocycles. The van der Waals surface area contributed by atoms with Crippen LogP contribution in [0.2, 0.25) is 0 Å². The van der Waals surface area contributed by atoms with Crippen LogP contribution >= 0.6 is 35.9 Å². The normalized spacial score (nSPS) is 12.7. The minimum absolute atomic E-state index is 0.367. The van der Waals surface area contributed by atoms with Crippen molar-refractivity contribution in [2.75, 3.05) is 20.0 Å². The van der Waals surface area contributed by atoms with E-state index in [-0.39, 0.29) is 0 Å². The zero-order valence-corrected chi connectivity index (χ0v) is 65.6. The van der Waals surface area contributed by atoms with E-state index < -0.39 is 45.3 Å². The summed E-state index contributed by atoms with van der Waals surface area (Å²) in [4.78, 5) is 11.1. The van der Waals surface area contributed by atoms with Crippen LogP contribution < -0.4 is 28.9 Å². The molecule has 0 N–H and O–H groups in total. The Morgan fingerprint density at radius 2 is 0.620 bits per heavy atom. The summed E-state index contributed by atoms with van der Waals surface area (Å²) < 4.78 is 4.93. The van der Waals surface area contributed by atoms with E-state index in [2.05, 4.69) is 339 Å². The molecule has 0 spiro atoms. The maximum absolute atomic E-state index is 7.18. The van der Waals surface area contributed by atoms with Crippen LogP contribution in [0.5, 0.6) is 0 Å². The first-order valence-corrected chi connectivity index (χ1v) is 43.6. The van der Waals surface area contributed by atoms with Crippen molar-refractivity contribution in [1.82, 2.24) is 0 Å². The molecule has 8 rings (SSSR count). The van der Waals surface area contributed by atoms with Gasteiger partial charge in [-0.3, -0.25) is 0 Å². The number of hydrogen-bond donors (Lipinski definition) is 0. The van der Waals surface area contributed by atoms with Gasteiger partial charge in [-0.25, -0.2) is 0 Å². The molecule has 0 heterocycles. The van der Waals surface area contributed by atoms with Gasteiger partial charge >= 0.3 is 585 Å². The zero-order valence-electron chi connectivity index (χ0n) is 58.1. The van der Waals surface area contributed by atoms with E-state index in [4.69, 9.17) is 30.0 Å². The Balaban J connectivity index is 0.000000261. The summed E-state index contributed by atoms with van der Waals surface area (Å²) in [7, 11) is 12.8. The quantitative estimate of drug-likeness (QED) is 0.0307. The fourth-order valence-corrected chi connectivity index (χ4v) is 21.3. The molecule has 4 radical (unpaired) electrons. The second-order valence-electron chi connectivity index (χ2n) is 26.5. The summed E-state index contributed by atoms with van der Waals surface area (Å²) in [6.07, 6.45) is 6.40. The first kappa shape index (κ1) is 74.1. The van der Waals surface area contributed by atoms with E-state index in [0.717, 1.165) is 40.8 Å². The number of anilines is 2. The van der Waals surface area contributed by atoms with Gasteiger partial charge in [0.2, 0.25) is 0 Å². The standard InChI is InChI=1S/2C41H50ClGeN2P/c1-28(2)36-22-16-23-37(29(3)4)40(36)44-33(27-46(34-18-12-10-13-19-34)35-20-14-11-15-21-35)26-32(9)45(43-42)41-38(30(5)6)24-17-25-39(41)31(7)8;1-28(2)36-22-16-23-37(29(3)4)40(36)44-32(9)26-33(27-46(34-18-12-10-13-19-34)35-20-14-11-15-21-35)45(43-42)41-38(30(5)6)24-17-25-39(41)31(7)8/h2*10-26,28-31H,27H2,1-9H3/b32-26-,44-33?;33-26-,44-32?. The molecule has 0 fully saturated rings. The molecular formula is C82H100Cl2Ge2N4P2. The third kappa shape index (κ3) is 19.4. The van der Waals surface area contributed by atoms with Gasteiger partial charge < -0.3 is 0 Å². The number of aliphatic imine (C=N–C) groups is 2. The van der Waals surface area contributed by atoms with Gasteiger partial charge in [0.05, 0.1) is 0 Å². The molecule has 8 aromatic rings. The van der Waals surface area contributed by atoms with Crippen LogP contribution in [0.25, 0.3) is 0 Å². The molecule has 92 heavy (non-hydrogen) atoms. The fourth-order valence-electron chi connectivity index (χ4n) is 12.0. The van der Waals surface area contributed by atoms with Crippen LogP contribution in [-0.4, -0.2) is 53.2 Å². The molecule has 0 atom stereocenters. The average Bonchev–Trinajstić information content (AvgIpc) is 0.816.